The lowest BCUT2D eigenvalue weighted by molar-refractivity contribution is -0.137. The average molecular weight is 259 g/mol. The van der Waals surface area contributed by atoms with Crippen molar-refractivity contribution in [3.8, 4) is 0 Å². The first-order valence-corrected chi connectivity index (χ1v) is 4.88. The Morgan fingerprint density at radius 3 is 2.40 bits per heavy atom. The van der Waals surface area contributed by atoms with E-state index in [0.29, 0.717) is 0 Å². The van der Waals surface area contributed by atoms with Crippen molar-refractivity contribution in [1.29, 1.82) is 0 Å². The molecule has 0 aliphatic heterocycles. The van der Waals surface area contributed by atoms with Gasteiger partial charge in [0.05, 0.1) is 17.5 Å². The van der Waals surface area contributed by atoms with Gasteiger partial charge in [-0.05, 0) is 18.2 Å². The molecule has 0 bridgehead atoms. The highest BCUT2D eigenvalue weighted by atomic mass is 35.5. The van der Waals surface area contributed by atoms with Crippen LogP contribution in [-0.4, -0.2) is 11.0 Å². The van der Waals surface area contributed by atoms with E-state index in [2.05, 4.69) is 0 Å². The van der Waals surface area contributed by atoms with Gasteiger partial charge in [-0.2, -0.15) is 13.2 Å². The Morgan fingerprint density at radius 1 is 1.33 bits per heavy atom. The summed E-state index contributed by atoms with van der Waals surface area (Å²) in [6.07, 6.45) is -5.65. The van der Waals surface area contributed by atoms with Crippen LogP contribution in [0.1, 0.15) is 17.2 Å². The van der Waals surface area contributed by atoms with Gasteiger partial charge < -0.3 is 5.11 Å². The van der Waals surface area contributed by atoms with Crippen molar-refractivity contribution in [3.63, 3.8) is 0 Å². The van der Waals surface area contributed by atoms with Crippen LogP contribution in [0.15, 0.2) is 18.2 Å². The number of halogens is 5. The Balaban J connectivity index is 3.17. The van der Waals surface area contributed by atoms with Crippen LogP contribution in [-0.2, 0) is 6.18 Å². The lowest BCUT2D eigenvalue weighted by atomic mass is 10.1. The van der Waals surface area contributed by atoms with Gasteiger partial charge in [-0.15, -0.1) is 11.6 Å². The molecule has 0 unspecified atom stereocenters. The molecule has 0 saturated carbocycles. The third-order valence-electron chi connectivity index (χ3n) is 1.83. The second kappa shape index (κ2) is 4.60. The van der Waals surface area contributed by atoms with Crippen molar-refractivity contribution in [2.45, 2.75) is 12.3 Å². The molecule has 0 aliphatic carbocycles. The normalized spacial score (nSPS) is 14.0. The summed E-state index contributed by atoms with van der Waals surface area (Å²) in [6, 6.07) is 2.75. The summed E-state index contributed by atoms with van der Waals surface area (Å²) in [5, 5.41) is 9.38. The maximum atomic E-state index is 12.3. The summed E-state index contributed by atoms with van der Waals surface area (Å²) in [5.74, 6) is -0.207. The summed E-state index contributed by atoms with van der Waals surface area (Å²) < 4.78 is 36.9. The highest BCUT2D eigenvalue weighted by Gasteiger charge is 2.31. The third kappa shape index (κ3) is 3.00. The number of alkyl halides is 4. The number of benzene rings is 1. The van der Waals surface area contributed by atoms with E-state index < -0.39 is 17.8 Å². The van der Waals surface area contributed by atoms with Crippen LogP contribution in [0.4, 0.5) is 13.2 Å². The second-order valence-electron chi connectivity index (χ2n) is 2.90. The standard InChI is InChI=1S/C9H7Cl2F3O/c10-4-8(15)6-3-5(9(12,13)14)1-2-7(6)11/h1-3,8,15H,4H2/t8-/m0/s1. The monoisotopic (exact) mass is 258 g/mol. The fraction of sp³-hybridized carbons (Fsp3) is 0.333. The third-order valence-corrected chi connectivity index (χ3v) is 2.47. The Morgan fingerprint density at radius 2 is 1.93 bits per heavy atom. The van der Waals surface area contributed by atoms with Gasteiger partial charge in [0.15, 0.2) is 0 Å². The molecule has 0 amide bonds. The van der Waals surface area contributed by atoms with Crippen LogP contribution in [0.2, 0.25) is 5.02 Å². The Labute approximate surface area is 94.4 Å². The minimum absolute atomic E-state index is 0.0125. The van der Waals surface area contributed by atoms with Gasteiger partial charge in [-0.1, -0.05) is 11.6 Å². The number of hydrogen-bond donors (Lipinski definition) is 1. The first-order valence-electron chi connectivity index (χ1n) is 3.97. The van der Waals surface area contributed by atoms with Gasteiger partial charge in [0.1, 0.15) is 0 Å². The maximum absolute atomic E-state index is 12.3. The fourth-order valence-electron chi connectivity index (χ4n) is 1.06. The van der Waals surface area contributed by atoms with Gasteiger partial charge in [0.25, 0.3) is 0 Å². The van der Waals surface area contributed by atoms with Crippen molar-refractivity contribution in [2.24, 2.45) is 0 Å². The fourth-order valence-corrected chi connectivity index (χ4v) is 1.47. The number of aliphatic hydroxyl groups is 1. The van der Waals surface area contributed by atoms with E-state index >= 15 is 0 Å². The Kier molecular flexibility index (Phi) is 3.87. The lowest BCUT2D eigenvalue weighted by Crippen LogP contribution is -2.08. The molecule has 0 aromatic heterocycles. The van der Waals surface area contributed by atoms with Gasteiger partial charge >= 0.3 is 6.18 Å². The van der Waals surface area contributed by atoms with Gasteiger partial charge in [0, 0.05) is 10.6 Å². The van der Waals surface area contributed by atoms with Crippen molar-refractivity contribution in [2.75, 3.05) is 5.88 Å². The van der Waals surface area contributed by atoms with Gasteiger partial charge in [-0.3, -0.25) is 0 Å². The number of aliphatic hydroxyl groups excluding tert-OH is 1. The predicted octanol–water partition coefficient (Wildman–Crippen LogP) is 3.63. The molecule has 1 atom stereocenters. The molecule has 0 radical (unpaired) electrons. The van der Waals surface area contributed by atoms with E-state index in [1.54, 1.807) is 0 Å². The van der Waals surface area contributed by atoms with Crippen molar-refractivity contribution in [3.05, 3.63) is 34.3 Å². The molecule has 1 N–H and O–H groups in total. The summed E-state index contributed by atoms with van der Waals surface area (Å²) in [5.41, 5.74) is -0.868. The van der Waals surface area contributed by atoms with E-state index in [0.717, 1.165) is 18.2 Å². The Hall–Kier alpha value is -0.450. The topological polar surface area (TPSA) is 20.2 Å². The van der Waals surface area contributed by atoms with E-state index in [1.165, 1.54) is 0 Å². The molecule has 1 aromatic rings. The highest BCUT2D eigenvalue weighted by Crippen LogP contribution is 2.33. The second-order valence-corrected chi connectivity index (χ2v) is 3.62. The summed E-state index contributed by atoms with van der Waals surface area (Å²) in [7, 11) is 0. The van der Waals surface area contributed by atoms with Crippen molar-refractivity contribution < 1.29 is 18.3 Å². The number of rotatable bonds is 2. The summed E-state index contributed by atoms with van der Waals surface area (Å²) >= 11 is 11.0. The van der Waals surface area contributed by atoms with Crippen LogP contribution < -0.4 is 0 Å². The molecule has 0 spiro atoms. The smallest absolute Gasteiger partial charge is 0.387 e. The van der Waals surface area contributed by atoms with Gasteiger partial charge in [-0.25, -0.2) is 0 Å². The minimum Gasteiger partial charge on any atom is -0.387 e. The maximum Gasteiger partial charge on any atom is 0.416 e. The highest BCUT2D eigenvalue weighted by molar-refractivity contribution is 6.31. The van der Waals surface area contributed by atoms with Crippen LogP contribution in [0.25, 0.3) is 0 Å². The Bertz CT molecular complexity index is 352. The van der Waals surface area contributed by atoms with Crippen molar-refractivity contribution in [1.82, 2.24) is 0 Å². The predicted molar refractivity (Wildman–Crippen MR) is 52.1 cm³/mol. The average Bonchev–Trinajstić information content (AvgIpc) is 2.15. The SMILES string of the molecule is O[C@@H](CCl)c1cc(C(F)(F)F)ccc1Cl. The molecule has 15 heavy (non-hydrogen) atoms. The van der Waals surface area contributed by atoms with Gasteiger partial charge in [0.2, 0.25) is 0 Å². The molecule has 1 nitrogen and oxygen atoms in total. The first-order chi connectivity index (χ1) is 6.86. The molecule has 84 valence electrons. The molecule has 0 aliphatic rings. The molecular formula is C9H7Cl2F3O. The molecule has 1 aromatic carbocycles. The molecule has 0 saturated heterocycles. The zero-order valence-electron chi connectivity index (χ0n) is 7.35. The largest absolute Gasteiger partial charge is 0.416 e. The molecule has 1 rings (SSSR count). The first kappa shape index (κ1) is 12.6. The van der Waals surface area contributed by atoms with Crippen LogP contribution in [0, 0.1) is 0 Å². The molecule has 0 fully saturated rings. The van der Waals surface area contributed by atoms with Crippen LogP contribution >= 0.6 is 23.2 Å². The zero-order valence-corrected chi connectivity index (χ0v) is 8.87. The molecule has 6 heteroatoms. The molecule has 0 heterocycles. The van der Waals surface area contributed by atoms with E-state index in [1.807, 2.05) is 0 Å². The van der Waals surface area contributed by atoms with Crippen LogP contribution in [0.5, 0.6) is 0 Å². The minimum atomic E-state index is -4.45. The van der Waals surface area contributed by atoms with E-state index in [4.69, 9.17) is 23.2 Å². The number of hydrogen-bond acceptors (Lipinski definition) is 1. The molecular weight excluding hydrogens is 252 g/mol. The van der Waals surface area contributed by atoms with E-state index in [-0.39, 0.29) is 16.5 Å². The van der Waals surface area contributed by atoms with Crippen LogP contribution in [0.3, 0.4) is 0 Å². The quantitative estimate of drug-likeness (QED) is 0.804. The van der Waals surface area contributed by atoms with Crippen molar-refractivity contribution >= 4 is 23.2 Å². The van der Waals surface area contributed by atoms with E-state index in [9.17, 15) is 18.3 Å². The summed E-state index contributed by atoms with van der Waals surface area (Å²) in [6.45, 7) is 0. The summed E-state index contributed by atoms with van der Waals surface area (Å²) in [4.78, 5) is 0. The zero-order chi connectivity index (χ0) is 11.6. The lowest BCUT2D eigenvalue weighted by Gasteiger charge is -2.13.